The van der Waals surface area contributed by atoms with Crippen LogP contribution in [0.3, 0.4) is 0 Å². The van der Waals surface area contributed by atoms with Crippen molar-refractivity contribution in [1.29, 1.82) is 0 Å². The van der Waals surface area contributed by atoms with Crippen LogP contribution in [-0.4, -0.2) is 41.0 Å². The van der Waals surface area contributed by atoms with Gasteiger partial charge in [0, 0.05) is 0 Å². The Morgan fingerprint density at radius 3 is 2.68 bits per heavy atom. The van der Waals surface area contributed by atoms with Gasteiger partial charge in [-0.05, 0) is 12.5 Å². The molecule has 0 spiro atoms. The third-order valence-electron chi connectivity index (χ3n) is 3.68. The van der Waals surface area contributed by atoms with Gasteiger partial charge in [-0.15, -0.1) is 0 Å². The minimum atomic E-state index is -0.893. The summed E-state index contributed by atoms with van der Waals surface area (Å²) >= 11 is 0. The lowest BCUT2D eigenvalue weighted by atomic mass is 9.99. The van der Waals surface area contributed by atoms with Crippen molar-refractivity contribution in [3.8, 4) is 0 Å². The van der Waals surface area contributed by atoms with E-state index in [1.54, 1.807) is 6.92 Å². The molecule has 0 aliphatic carbocycles. The van der Waals surface area contributed by atoms with Crippen molar-refractivity contribution in [3.05, 3.63) is 35.9 Å². The molecule has 7 heteroatoms. The van der Waals surface area contributed by atoms with Crippen LogP contribution in [0.25, 0.3) is 0 Å². The number of hydrogen-bond acceptors (Lipinski definition) is 6. The molecule has 1 N–H and O–H groups in total. The van der Waals surface area contributed by atoms with E-state index in [0.29, 0.717) is 0 Å². The lowest BCUT2D eigenvalue weighted by molar-refractivity contribution is -0.141. The smallest absolute Gasteiger partial charge is 0.355 e. The molecular weight excluding hydrogens is 286 g/mol. The first-order chi connectivity index (χ1) is 10.6. The molecule has 0 bridgehead atoms. The number of benzene rings is 1. The van der Waals surface area contributed by atoms with Crippen LogP contribution in [0.15, 0.2) is 35.4 Å². The van der Waals surface area contributed by atoms with E-state index in [-0.39, 0.29) is 24.8 Å². The highest BCUT2D eigenvalue weighted by Crippen LogP contribution is 2.27. The second kappa shape index (κ2) is 5.59. The van der Waals surface area contributed by atoms with Crippen LogP contribution < -0.4 is 5.43 Å². The molecule has 114 valence electrons. The number of carbonyl (C=O) groups is 3. The first-order valence-electron chi connectivity index (χ1n) is 7.03. The molecule has 2 atom stereocenters. The molecule has 1 saturated heterocycles. The highest BCUT2D eigenvalue weighted by atomic mass is 16.5. The number of imide groups is 1. The summed E-state index contributed by atoms with van der Waals surface area (Å²) in [5, 5.41) is 3.80. The fraction of sp³-hybridized carbons (Fsp3) is 0.333. The molecule has 0 aromatic heterocycles. The summed E-state index contributed by atoms with van der Waals surface area (Å²) in [7, 11) is 0. The third kappa shape index (κ3) is 2.24. The molecule has 7 nitrogen and oxygen atoms in total. The standard InChI is InChI=1S/C15H15N3O4/c1-2-22-15(21)12-10-11(16-17-12)14(20)18(13(10)19)8-9-6-4-3-5-7-9/h3-7,10-11,16H,2,8H2,1H3/t10-,11+/m0/s1. The summed E-state index contributed by atoms with van der Waals surface area (Å²) in [6.07, 6.45) is 0. The van der Waals surface area contributed by atoms with Crippen molar-refractivity contribution in [3.63, 3.8) is 0 Å². The molecule has 22 heavy (non-hydrogen) atoms. The Hall–Kier alpha value is -2.70. The van der Waals surface area contributed by atoms with Gasteiger partial charge >= 0.3 is 5.97 Å². The van der Waals surface area contributed by atoms with Crippen LogP contribution >= 0.6 is 0 Å². The Bertz CT molecular complexity index is 656. The SMILES string of the molecule is CCOC(=O)C1=NN[C@H]2C(=O)N(Cc3ccccc3)C(=O)[C@H]12. The molecule has 2 amide bonds. The molecule has 1 fully saturated rings. The van der Waals surface area contributed by atoms with Crippen molar-refractivity contribution in [1.82, 2.24) is 10.3 Å². The van der Waals surface area contributed by atoms with E-state index < -0.39 is 23.8 Å². The number of nitrogens with zero attached hydrogens (tertiary/aromatic N) is 2. The van der Waals surface area contributed by atoms with E-state index in [1.165, 1.54) is 0 Å². The highest BCUT2D eigenvalue weighted by Gasteiger charge is 2.55. The average molecular weight is 301 g/mol. The molecular formula is C15H15N3O4. The molecule has 0 radical (unpaired) electrons. The minimum Gasteiger partial charge on any atom is -0.461 e. The summed E-state index contributed by atoms with van der Waals surface area (Å²) in [5.74, 6) is -2.35. The molecule has 2 heterocycles. The molecule has 2 aliphatic heterocycles. The van der Waals surface area contributed by atoms with E-state index in [9.17, 15) is 14.4 Å². The average Bonchev–Trinajstić information content (AvgIpc) is 3.05. The van der Waals surface area contributed by atoms with Crippen molar-refractivity contribution in [2.45, 2.75) is 19.5 Å². The van der Waals surface area contributed by atoms with E-state index >= 15 is 0 Å². The van der Waals surface area contributed by atoms with E-state index in [4.69, 9.17) is 4.74 Å². The normalized spacial score (nSPS) is 23.1. The summed E-state index contributed by atoms with van der Waals surface area (Å²) in [6, 6.07) is 8.40. The number of ether oxygens (including phenoxy) is 1. The fourth-order valence-corrected chi connectivity index (χ4v) is 2.64. The highest BCUT2D eigenvalue weighted by molar-refractivity contribution is 6.43. The molecule has 1 aromatic rings. The number of esters is 1. The predicted octanol–water partition coefficient (Wildman–Crippen LogP) is 0.0625. The lowest BCUT2D eigenvalue weighted by Crippen LogP contribution is -2.35. The quantitative estimate of drug-likeness (QED) is 0.628. The number of likely N-dealkylation sites (tertiary alicyclic amines) is 1. The van der Waals surface area contributed by atoms with Crippen LogP contribution in [-0.2, 0) is 25.7 Å². The monoisotopic (exact) mass is 301 g/mol. The van der Waals surface area contributed by atoms with Crippen molar-refractivity contribution >= 4 is 23.5 Å². The Labute approximate surface area is 126 Å². The number of carbonyl (C=O) groups excluding carboxylic acids is 3. The van der Waals surface area contributed by atoms with Gasteiger partial charge in [0.1, 0.15) is 12.0 Å². The maximum absolute atomic E-state index is 12.5. The summed E-state index contributed by atoms with van der Waals surface area (Å²) in [6.45, 7) is 2.04. The zero-order chi connectivity index (χ0) is 15.7. The molecule has 0 unspecified atom stereocenters. The molecule has 1 aromatic carbocycles. The third-order valence-corrected chi connectivity index (χ3v) is 3.68. The van der Waals surface area contributed by atoms with E-state index in [2.05, 4.69) is 10.5 Å². The van der Waals surface area contributed by atoms with Crippen LogP contribution in [0.2, 0.25) is 0 Å². The topological polar surface area (TPSA) is 88.1 Å². The van der Waals surface area contributed by atoms with Crippen molar-refractivity contribution in [2.24, 2.45) is 11.0 Å². The van der Waals surface area contributed by atoms with Crippen LogP contribution in [0.1, 0.15) is 12.5 Å². The number of fused-ring (bicyclic) bond motifs is 1. The van der Waals surface area contributed by atoms with Gasteiger partial charge in [-0.2, -0.15) is 5.10 Å². The number of hydrazone groups is 1. The zero-order valence-electron chi connectivity index (χ0n) is 12.0. The van der Waals surface area contributed by atoms with Gasteiger partial charge in [-0.3, -0.25) is 19.9 Å². The van der Waals surface area contributed by atoms with Crippen molar-refractivity contribution in [2.75, 3.05) is 6.61 Å². The van der Waals surface area contributed by atoms with Crippen molar-refractivity contribution < 1.29 is 19.1 Å². The van der Waals surface area contributed by atoms with Gasteiger partial charge < -0.3 is 4.74 Å². The predicted molar refractivity (Wildman–Crippen MR) is 76.5 cm³/mol. The minimum absolute atomic E-state index is 0.0271. The Morgan fingerprint density at radius 2 is 2.00 bits per heavy atom. The summed E-state index contributed by atoms with van der Waals surface area (Å²) in [4.78, 5) is 37.8. The second-order valence-electron chi connectivity index (χ2n) is 5.05. The van der Waals surface area contributed by atoms with Gasteiger partial charge in [-0.1, -0.05) is 30.3 Å². The van der Waals surface area contributed by atoms with E-state index in [1.807, 2.05) is 30.3 Å². The van der Waals surface area contributed by atoms with Gasteiger partial charge in [0.15, 0.2) is 5.71 Å². The Balaban J connectivity index is 1.80. The van der Waals surface area contributed by atoms with Crippen LogP contribution in [0.5, 0.6) is 0 Å². The first kappa shape index (κ1) is 14.2. The van der Waals surface area contributed by atoms with Gasteiger partial charge in [-0.25, -0.2) is 4.79 Å². The number of hydrogen-bond donors (Lipinski definition) is 1. The van der Waals surface area contributed by atoms with Crippen LogP contribution in [0, 0.1) is 5.92 Å². The Morgan fingerprint density at radius 1 is 1.27 bits per heavy atom. The largest absolute Gasteiger partial charge is 0.461 e. The lowest BCUT2D eigenvalue weighted by Gasteiger charge is -2.15. The summed E-state index contributed by atoms with van der Waals surface area (Å²) < 4.78 is 4.88. The van der Waals surface area contributed by atoms with Gasteiger partial charge in [0.25, 0.3) is 5.91 Å². The number of nitrogens with one attached hydrogen (secondary N) is 1. The maximum atomic E-state index is 12.5. The Kier molecular flexibility index (Phi) is 3.62. The molecule has 0 saturated carbocycles. The number of amides is 2. The zero-order valence-corrected chi connectivity index (χ0v) is 12.0. The van der Waals surface area contributed by atoms with Gasteiger partial charge in [0.2, 0.25) is 5.91 Å². The van der Waals surface area contributed by atoms with E-state index in [0.717, 1.165) is 10.5 Å². The fourth-order valence-electron chi connectivity index (χ4n) is 2.64. The van der Waals surface area contributed by atoms with Crippen LogP contribution in [0.4, 0.5) is 0 Å². The molecule has 3 rings (SSSR count). The van der Waals surface area contributed by atoms with Gasteiger partial charge in [0.05, 0.1) is 13.2 Å². The summed E-state index contributed by atoms with van der Waals surface area (Å²) in [5.41, 5.74) is 3.40. The second-order valence-corrected chi connectivity index (χ2v) is 5.05. The molecule has 2 aliphatic rings. The number of rotatable bonds is 4. The maximum Gasteiger partial charge on any atom is 0.355 e. The first-order valence-corrected chi connectivity index (χ1v) is 7.03.